The fourth-order valence-electron chi connectivity index (χ4n) is 2.59. The fraction of sp³-hybridized carbons (Fsp3) is 0.615. The van der Waals surface area contributed by atoms with Crippen LogP contribution in [0.4, 0.5) is 11.5 Å². The molecule has 1 aliphatic carbocycles. The average molecular weight is 249 g/mol. The third kappa shape index (κ3) is 2.78. The van der Waals surface area contributed by atoms with Crippen molar-refractivity contribution >= 4 is 11.5 Å². The molecule has 1 N–H and O–H groups in total. The number of hydrogen-bond donors (Lipinski definition) is 1. The Bertz CT molecular complexity index is 442. The first-order chi connectivity index (χ1) is 8.58. The zero-order valence-corrected chi connectivity index (χ0v) is 10.8. The molecule has 1 saturated carbocycles. The van der Waals surface area contributed by atoms with E-state index in [9.17, 15) is 10.1 Å². The number of hydrogen-bond acceptors (Lipinski definition) is 4. The largest absolute Gasteiger partial charge is 0.362 e. The quantitative estimate of drug-likeness (QED) is 0.656. The van der Waals surface area contributed by atoms with Crippen LogP contribution in [-0.2, 0) is 0 Å². The van der Waals surface area contributed by atoms with Gasteiger partial charge in [0.05, 0.1) is 4.92 Å². The first kappa shape index (κ1) is 12.8. The maximum atomic E-state index is 11.0. The molecule has 1 aromatic heterocycles. The smallest absolute Gasteiger partial charge is 0.311 e. The van der Waals surface area contributed by atoms with Gasteiger partial charge < -0.3 is 5.32 Å². The van der Waals surface area contributed by atoms with Crippen LogP contribution in [0.25, 0.3) is 0 Å². The van der Waals surface area contributed by atoms with Crippen molar-refractivity contribution < 1.29 is 4.92 Å². The van der Waals surface area contributed by atoms with Crippen molar-refractivity contribution in [3.63, 3.8) is 0 Å². The molecule has 1 atom stereocenters. The molecule has 0 amide bonds. The third-order valence-electron chi connectivity index (χ3n) is 3.68. The number of nitrogens with one attached hydrogen (secondary N) is 1. The van der Waals surface area contributed by atoms with Crippen LogP contribution >= 0.6 is 0 Å². The second kappa shape index (κ2) is 5.33. The van der Waals surface area contributed by atoms with E-state index in [1.54, 1.807) is 6.07 Å². The monoisotopic (exact) mass is 249 g/mol. The van der Waals surface area contributed by atoms with Gasteiger partial charge in [0, 0.05) is 17.8 Å². The van der Waals surface area contributed by atoms with Gasteiger partial charge in [-0.2, -0.15) is 0 Å². The van der Waals surface area contributed by atoms with Crippen molar-refractivity contribution in [2.75, 3.05) is 5.32 Å². The van der Waals surface area contributed by atoms with Gasteiger partial charge in [-0.15, -0.1) is 0 Å². The van der Waals surface area contributed by atoms with Crippen LogP contribution in [0.5, 0.6) is 0 Å². The van der Waals surface area contributed by atoms with Crippen molar-refractivity contribution in [1.29, 1.82) is 0 Å². The molecule has 0 aromatic carbocycles. The summed E-state index contributed by atoms with van der Waals surface area (Å²) in [5.74, 6) is 1.01. The van der Waals surface area contributed by atoms with E-state index in [0.29, 0.717) is 11.7 Å². The van der Waals surface area contributed by atoms with Crippen LogP contribution < -0.4 is 5.32 Å². The van der Waals surface area contributed by atoms with Crippen molar-refractivity contribution in [3.05, 3.63) is 27.9 Å². The highest BCUT2D eigenvalue weighted by Crippen LogP contribution is 2.31. The molecular weight excluding hydrogens is 230 g/mol. The van der Waals surface area contributed by atoms with Gasteiger partial charge in [-0.1, -0.05) is 12.8 Å². The maximum absolute atomic E-state index is 11.0. The van der Waals surface area contributed by atoms with Crippen LogP contribution in [0.1, 0.15) is 38.3 Å². The maximum Gasteiger partial charge on any atom is 0.311 e. The van der Waals surface area contributed by atoms with Gasteiger partial charge >= 0.3 is 5.69 Å². The van der Waals surface area contributed by atoms with Crippen LogP contribution in [0.15, 0.2) is 12.1 Å². The van der Waals surface area contributed by atoms with E-state index in [-0.39, 0.29) is 16.7 Å². The van der Waals surface area contributed by atoms with Crippen molar-refractivity contribution in [2.45, 2.75) is 45.6 Å². The van der Waals surface area contributed by atoms with Gasteiger partial charge in [0.1, 0.15) is 0 Å². The first-order valence-corrected chi connectivity index (χ1v) is 6.46. The number of rotatable bonds is 4. The van der Waals surface area contributed by atoms with Crippen molar-refractivity contribution in [3.8, 4) is 0 Å². The molecule has 0 spiro atoms. The molecule has 0 radical (unpaired) electrons. The van der Waals surface area contributed by atoms with E-state index in [2.05, 4.69) is 17.2 Å². The number of aromatic nitrogens is 1. The molecule has 1 aromatic rings. The second-order valence-corrected chi connectivity index (χ2v) is 5.06. The Morgan fingerprint density at radius 3 is 2.72 bits per heavy atom. The summed E-state index contributed by atoms with van der Waals surface area (Å²) >= 11 is 0. The fourth-order valence-corrected chi connectivity index (χ4v) is 2.59. The summed E-state index contributed by atoms with van der Waals surface area (Å²) in [7, 11) is 0. The van der Waals surface area contributed by atoms with Gasteiger partial charge in [-0.25, -0.2) is 4.98 Å². The molecular formula is C13H19N3O2. The van der Waals surface area contributed by atoms with Crippen molar-refractivity contribution in [1.82, 2.24) is 4.98 Å². The van der Waals surface area contributed by atoms with Gasteiger partial charge in [-0.3, -0.25) is 10.1 Å². The van der Waals surface area contributed by atoms with Gasteiger partial charge in [-0.05, 0) is 38.7 Å². The standard InChI is InChI=1S/C13H19N3O2/c1-9-7-8-12(16(17)18)13(14-9)15-10(2)11-5-3-4-6-11/h7-8,10-11H,3-6H2,1-2H3,(H,14,15). The lowest BCUT2D eigenvalue weighted by Gasteiger charge is -2.20. The van der Waals surface area contributed by atoms with E-state index in [0.717, 1.165) is 5.69 Å². The minimum atomic E-state index is -0.379. The van der Waals surface area contributed by atoms with E-state index in [1.165, 1.54) is 31.7 Å². The molecule has 1 aliphatic rings. The van der Waals surface area contributed by atoms with Gasteiger partial charge in [0.15, 0.2) is 0 Å². The highest BCUT2D eigenvalue weighted by atomic mass is 16.6. The predicted octanol–water partition coefficient (Wildman–Crippen LogP) is 3.29. The van der Waals surface area contributed by atoms with E-state index >= 15 is 0 Å². The van der Waals surface area contributed by atoms with Gasteiger partial charge in [0.25, 0.3) is 0 Å². The molecule has 5 heteroatoms. The lowest BCUT2D eigenvalue weighted by Crippen LogP contribution is -2.25. The molecule has 0 saturated heterocycles. The highest BCUT2D eigenvalue weighted by molar-refractivity contribution is 5.56. The molecule has 2 rings (SSSR count). The van der Waals surface area contributed by atoms with Crippen LogP contribution in [-0.4, -0.2) is 15.9 Å². The third-order valence-corrected chi connectivity index (χ3v) is 3.68. The highest BCUT2D eigenvalue weighted by Gasteiger charge is 2.24. The van der Waals surface area contributed by atoms with Gasteiger partial charge in [0.2, 0.25) is 5.82 Å². The summed E-state index contributed by atoms with van der Waals surface area (Å²) in [4.78, 5) is 14.8. The predicted molar refractivity (Wildman–Crippen MR) is 70.7 cm³/mol. The summed E-state index contributed by atoms with van der Waals surface area (Å²) in [5, 5.41) is 14.2. The molecule has 5 nitrogen and oxygen atoms in total. The number of aryl methyl sites for hydroxylation is 1. The Hall–Kier alpha value is -1.65. The Morgan fingerprint density at radius 1 is 1.44 bits per heavy atom. The normalized spacial score (nSPS) is 17.7. The van der Waals surface area contributed by atoms with E-state index < -0.39 is 0 Å². The zero-order chi connectivity index (χ0) is 13.1. The lowest BCUT2D eigenvalue weighted by atomic mass is 10.00. The van der Waals surface area contributed by atoms with Crippen LogP contribution in [0, 0.1) is 23.0 Å². The number of anilines is 1. The Kier molecular flexibility index (Phi) is 3.79. The van der Waals surface area contributed by atoms with E-state index in [1.807, 2.05) is 6.92 Å². The van der Waals surface area contributed by atoms with Crippen molar-refractivity contribution in [2.24, 2.45) is 5.92 Å². The number of nitro groups is 1. The molecule has 1 fully saturated rings. The zero-order valence-electron chi connectivity index (χ0n) is 10.8. The average Bonchev–Trinajstić information content (AvgIpc) is 2.81. The number of nitrogens with zero attached hydrogens (tertiary/aromatic N) is 2. The molecule has 18 heavy (non-hydrogen) atoms. The second-order valence-electron chi connectivity index (χ2n) is 5.06. The SMILES string of the molecule is Cc1ccc([N+](=O)[O-])c(NC(C)C2CCCC2)n1. The Balaban J connectivity index is 2.16. The molecule has 1 heterocycles. The topological polar surface area (TPSA) is 68.1 Å². The summed E-state index contributed by atoms with van der Waals surface area (Å²) in [5.41, 5.74) is 0.854. The molecule has 0 aliphatic heterocycles. The van der Waals surface area contributed by atoms with E-state index in [4.69, 9.17) is 0 Å². The molecule has 98 valence electrons. The summed E-state index contributed by atoms with van der Waals surface area (Å²) in [6.07, 6.45) is 4.93. The van der Waals surface area contributed by atoms with Crippen LogP contribution in [0.2, 0.25) is 0 Å². The Labute approximate surface area is 107 Å². The summed E-state index contributed by atoms with van der Waals surface area (Å²) in [6.45, 7) is 3.93. The first-order valence-electron chi connectivity index (χ1n) is 6.46. The Morgan fingerprint density at radius 2 is 2.11 bits per heavy atom. The summed E-state index contributed by atoms with van der Waals surface area (Å²) < 4.78 is 0. The minimum Gasteiger partial charge on any atom is -0.362 e. The summed E-state index contributed by atoms with van der Waals surface area (Å²) in [6, 6.07) is 3.43. The molecule has 0 bridgehead atoms. The number of pyridine rings is 1. The molecule has 1 unspecified atom stereocenters. The van der Waals surface area contributed by atoms with Crippen LogP contribution in [0.3, 0.4) is 0 Å². The lowest BCUT2D eigenvalue weighted by molar-refractivity contribution is -0.384. The minimum absolute atomic E-state index is 0.0606.